The molecule has 0 aromatic heterocycles. The number of hydrogen-bond acceptors (Lipinski definition) is 4. The number of alkyl halides is 2. The van der Waals surface area contributed by atoms with Gasteiger partial charge in [-0.1, -0.05) is 0 Å². The number of benzene rings is 1. The van der Waals surface area contributed by atoms with Crippen molar-refractivity contribution in [2.24, 2.45) is 0 Å². The van der Waals surface area contributed by atoms with Gasteiger partial charge in [-0.05, 0) is 65.2 Å². The predicted octanol–water partition coefficient (Wildman–Crippen LogP) is 4.55. The Kier molecular flexibility index (Phi) is 5.99. The molecular formula is C14H14BrF2NO2S. The second-order valence-corrected chi connectivity index (χ2v) is 6.73. The summed E-state index contributed by atoms with van der Waals surface area (Å²) in [5.41, 5.74) is 0.412. The van der Waals surface area contributed by atoms with Crippen LogP contribution in [-0.4, -0.2) is 24.8 Å². The van der Waals surface area contributed by atoms with E-state index in [1.807, 2.05) is 6.07 Å². The molecule has 114 valence electrons. The summed E-state index contributed by atoms with van der Waals surface area (Å²) in [6.07, 6.45) is 2.01. The van der Waals surface area contributed by atoms with E-state index >= 15 is 0 Å². The topological polar surface area (TPSA) is 42.2 Å². The standard InChI is InChI=1S/C14H14BrF2NO2S/c15-12-7-11(5-4-10(12)8-18)21-14(16,17)9-20-13-3-1-2-6-19-13/h4-5,7,13H,1-3,6,9H2. The van der Waals surface area contributed by atoms with Crippen molar-refractivity contribution in [1.29, 1.82) is 5.26 Å². The zero-order chi connectivity index (χ0) is 15.3. The highest BCUT2D eigenvalue weighted by Crippen LogP contribution is 2.38. The quantitative estimate of drug-likeness (QED) is 0.705. The minimum absolute atomic E-state index is 0.374. The van der Waals surface area contributed by atoms with Gasteiger partial charge in [0.05, 0.1) is 5.56 Å². The molecule has 1 aliphatic rings. The summed E-state index contributed by atoms with van der Waals surface area (Å²) in [6.45, 7) is -0.133. The predicted molar refractivity (Wildman–Crippen MR) is 79.2 cm³/mol. The normalized spacial score (nSPS) is 19.2. The molecule has 1 saturated heterocycles. The van der Waals surface area contributed by atoms with Crippen LogP contribution >= 0.6 is 27.7 Å². The molecule has 0 saturated carbocycles. The molecule has 0 bridgehead atoms. The number of halogens is 3. The molecule has 3 nitrogen and oxygen atoms in total. The molecule has 1 aromatic rings. The number of nitrogens with zero attached hydrogens (tertiary/aromatic N) is 1. The molecule has 2 rings (SSSR count). The summed E-state index contributed by atoms with van der Waals surface area (Å²) < 4.78 is 38.7. The number of ether oxygens (including phenoxy) is 2. The van der Waals surface area contributed by atoms with Gasteiger partial charge >= 0.3 is 5.25 Å². The molecule has 0 amide bonds. The van der Waals surface area contributed by atoms with E-state index in [1.165, 1.54) is 18.2 Å². The van der Waals surface area contributed by atoms with Crippen LogP contribution in [-0.2, 0) is 9.47 Å². The van der Waals surface area contributed by atoms with Crippen LogP contribution < -0.4 is 0 Å². The molecule has 1 heterocycles. The molecule has 0 radical (unpaired) electrons. The number of rotatable bonds is 5. The van der Waals surface area contributed by atoms with Crippen molar-refractivity contribution in [3.05, 3.63) is 28.2 Å². The molecule has 1 atom stereocenters. The van der Waals surface area contributed by atoms with Crippen LogP contribution in [0.5, 0.6) is 0 Å². The van der Waals surface area contributed by atoms with E-state index in [1.54, 1.807) is 0 Å². The fourth-order valence-corrected chi connectivity index (χ4v) is 3.29. The summed E-state index contributed by atoms with van der Waals surface area (Å²) in [6, 6.07) is 6.48. The van der Waals surface area contributed by atoms with Gasteiger partial charge in [-0.2, -0.15) is 14.0 Å². The van der Waals surface area contributed by atoms with Crippen LogP contribution in [0.1, 0.15) is 24.8 Å². The highest BCUT2D eigenvalue weighted by atomic mass is 79.9. The lowest BCUT2D eigenvalue weighted by atomic mass is 10.2. The highest BCUT2D eigenvalue weighted by molar-refractivity contribution is 9.10. The van der Waals surface area contributed by atoms with Gasteiger partial charge in [0.25, 0.3) is 0 Å². The SMILES string of the molecule is N#Cc1ccc(SC(F)(F)COC2CCCCO2)cc1Br. The van der Waals surface area contributed by atoms with Crippen molar-refractivity contribution in [3.8, 4) is 6.07 Å². The van der Waals surface area contributed by atoms with E-state index in [0.717, 1.165) is 12.8 Å². The third-order valence-electron chi connectivity index (χ3n) is 2.90. The Morgan fingerprint density at radius 3 is 2.90 bits per heavy atom. The van der Waals surface area contributed by atoms with E-state index in [2.05, 4.69) is 15.9 Å². The Morgan fingerprint density at radius 2 is 2.29 bits per heavy atom. The maximum absolute atomic E-state index is 13.9. The Bertz CT molecular complexity index is 530. The first-order chi connectivity index (χ1) is 10.00. The molecule has 0 aliphatic carbocycles. The molecule has 7 heteroatoms. The van der Waals surface area contributed by atoms with E-state index in [-0.39, 0.29) is 0 Å². The zero-order valence-corrected chi connectivity index (χ0v) is 13.6. The summed E-state index contributed by atoms with van der Waals surface area (Å²) >= 11 is 3.60. The molecule has 0 spiro atoms. The minimum Gasteiger partial charge on any atom is -0.353 e. The average molecular weight is 378 g/mol. The number of hydrogen-bond donors (Lipinski definition) is 0. The fourth-order valence-electron chi connectivity index (χ4n) is 1.88. The molecular weight excluding hydrogens is 364 g/mol. The molecule has 1 aromatic carbocycles. The van der Waals surface area contributed by atoms with Crippen LogP contribution in [0, 0.1) is 11.3 Å². The lowest BCUT2D eigenvalue weighted by molar-refractivity contribution is -0.183. The zero-order valence-electron chi connectivity index (χ0n) is 11.2. The van der Waals surface area contributed by atoms with E-state index < -0.39 is 18.2 Å². The van der Waals surface area contributed by atoms with Crippen molar-refractivity contribution in [2.75, 3.05) is 13.2 Å². The van der Waals surface area contributed by atoms with E-state index in [0.29, 0.717) is 39.7 Å². The number of nitriles is 1. The molecule has 1 aliphatic heterocycles. The van der Waals surface area contributed by atoms with Crippen LogP contribution in [0.15, 0.2) is 27.6 Å². The van der Waals surface area contributed by atoms with E-state index in [4.69, 9.17) is 14.7 Å². The van der Waals surface area contributed by atoms with Gasteiger partial charge in [-0.25, -0.2) is 0 Å². The van der Waals surface area contributed by atoms with Gasteiger partial charge in [0, 0.05) is 16.0 Å². The van der Waals surface area contributed by atoms with Crippen LogP contribution in [0.3, 0.4) is 0 Å². The Hall–Kier alpha value is -0.680. The third kappa shape index (κ3) is 5.22. The van der Waals surface area contributed by atoms with Crippen LogP contribution in [0.25, 0.3) is 0 Å². The summed E-state index contributed by atoms with van der Waals surface area (Å²) in [5.74, 6) is 0. The molecule has 1 unspecified atom stereocenters. The molecule has 1 fully saturated rings. The van der Waals surface area contributed by atoms with Gasteiger partial charge in [-0.3, -0.25) is 0 Å². The van der Waals surface area contributed by atoms with Crippen molar-refractivity contribution in [1.82, 2.24) is 0 Å². The first-order valence-corrected chi connectivity index (χ1v) is 8.11. The molecule has 0 N–H and O–H groups in total. The van der Waals surface area contributed by atoms with E-state index in [9.17, 15) is 8.78 Å². The van der Waals surface area contributed by atoms with Crippen molar-refractivity contribution in [3.63, 3.8) is 0 Å². The van der Waals surface area contributed by atoms with Crippen molar-refractivity contribution >= 4 is 27.7 Å². The number of thioether (sulfide) groups is 1. The lowest BCUT2D eigenvalue weighted by Gasteiger charge is -2.25. The average Bonchev–Trinajstić information content (AvgIpc) is 2.46. The fraction of sp³-hybridized carbons (Fsp3) is 0.500. The maximum atomic E-state index is 13.9. The first-order valence-electron chi connectivity index (χ1n) is 6.50. The maximum Gasteiger partial charge on any atom is 0.321 e. The minimum atomic E-state index is -3.05. The van der Waals surface area contributed by atoms with Gasteiger partial charge < -0.3 is 9.47 Å². The van der Waals surface area contributed by atoms with Gasteiger partial charge in [0.1, 0.15) is 12.7 Å². The second kappa shape index (κ2) is 7.54. The third-order valence-corrected chi connectivity index (χ3v) is 4.47. The monoisotopic (exact) mass is 377 g/mol. The van der Waals surface area contributed by atoms with Crippen molar-refractivity contribution < 1.29 is 18.3 Å². The highest BCUT2D eigenvalue weighted by Gasteiger charge is 2.33. The Balaban J connectivity index is 1.90. The van der Waals surface area contributed by atoms with Crippen LogP contribution in [0.4, 0.5) is 8.78 Å². The van der Waals surface area contributed by atoms with Gasteiger partial charge in [0.15, 0.2) is 6.29 Å². The molecule has 21 heavy (non-hydrogen) atoms. The van der Waals surface area contributed by atoms with Gasteiger partial charge in [-0.15, -0.1) is 0 Å². The lowest BCUT2D eigenvalue weighted by Crippen LogP contribution is -2.28. The van der Waals surface area contributed by atoms with Crippen molar-refractivity contribution in [2.45, 2.75) is 35.7 Å². The summed E-state index contributed by atoms with van der Waals surface area (Å²) in [4.78, 5) is 0.374. The summed E-state index contributed by atoms with van der Waals surface area (Å²) in [5, 5.41) is 5.75. The largest absolute Gasteiger partial charge is 0.353 e. The Morgan fingerprint density at radius 1 is 1.48 bits per heavy atom. The smallest absolute Gasteiger partial charge is 0.321 e. The Labute approximate surface area is 134 Å². The van der Waals surface area contributed by atoms with Crippen LogP contribution in [0.2, 0.25) is 0 Å². The first kappa shape index (κ1) is 16.7. The second-order valence-electron chi connectivity index (χ2n) is 4.60. The summed E-state index contributed by atoms with van der Waals surface area (Å²) in [7, 11) is 0. The van der Waals surface area contributed by atoms with Gasteiger partial charge in [0.2, 0.25) is 0 Å².